The first-order valence-electron chi connectivity index (χ1n) is 4.54. The summed E-state index contributed by atoms with van der Waals surface area (Å²) in [6, 6.07) is 5.56. The van der Waals surface area contributed by atoms with E-state index in [1.54, 1.807) is 0 Å². The molecule has 0 atom stereocenters. The van der Waals surface area contributed by atoms with Crippen LogP contribution < -0.4 is 4.74 Å². The Morgan fingerprint density at radius 3 is 2.76 bits per heavy atom. The molecule has 17 heavy (non-hydrogen) atoms. The first-order valence-corrected chi connectivity index (χ1v) is 4.92. The van der Waals surface area contributed by atoms with Gasteiger partial charge in [0.15, 0.2) is 11.4 Å². The topological polar surface area (TPSA) is 58.8 Å². The summed E-state index contributed by atoms with van der Waals surface area (Å²) in [6.45, 7) is 0. The maximum absolute atomic E-state index is 13.0. The van der Waals surface area contributed by atoms with Crippen LogP contribution in [0.25, 0.3) is 0 Å². The van der Waals surface area contributed by atoms with Crippen LogP contribution in [0.5, 0.6) is 11.6 Å². The highest BCUT2D eigenvalue weighted by molar-refractivity contribution is 6.32. The van der Waals surface area contributed by atoms with Crippen molar-refractivity contribution in [2.24, 2.45) is 0 Å². The summed E-state index contributed by atoms with van der Waals surface area (Å²) in [7, 11) is 0. The van der Waals surface area contributed by atoms with Gasteiger partial charge in [-0.25, -0.2) is 14.4 Å². The zero-order valence-corrected chi connectivity index (χ0v) is 9.15. The number of nitriles is 1. The van der Waals surface area contributed by atoms with Crippen LogP contribution in [0.3, 0.4) is 0 Å². The van der Waals surface area contributed by atoms with Gasteiger partial charge in [0.1, 0.15) is 11.9 Å². The molecule has 0 bridgehead atoms. The summed E-state index contributed by atoms with van der Waals surface area (Å²) in [5, 5.41) is 8.80. The van der Waals surface area contributed by atoms with E-state index in [-0.39, 0.29) is 22.3 Å². The highest BCUT2D eigenvalue weighted by Gasteiger charge is 2.06. The van der Waals surface area contributed by atoms with E-state index in [4.69, 9.17) is 21.6 Å². The second kappa shape index (κ2) is 4.76. The zero-order chi connectivity index (χ0) is 12.3. The second-order valence-electron chi connectivity index (χ2n) is 3.03. The molecule has 1 heterocycles. The summed E-state index contributed by atoms with van der Waals surface area (Å²) >= 11 is 5.81. The molecule has 0 aliphatic rings. The predicted molar refractivity (Wildman–Crippen MR) is 58.2 cm³/mol. The fraction of sp³-hybridized carbons (Fsp3) is 0. The van der Waals surface area contributed by atoms with Gasteiger partial charge in [-0.05, 0) is 12.1 Å². The highest BCUT2D eigenvalue weighted by atomic mass is 35.5. The smallest absolute Gasteiger partial charge is 0.237 e. The van der Waals surface area contributed by atoms with Gasteiger partial charge in [0.2, 0.25) is 5.88 Å². The number of nitrogens with zero attached hydrogens (tertiary/aromatic N) is 3. The third-order valence-electron chi connectivity index (χ3n) is 1.85. The first kappa shape index (κ1) is 11.3. The van der Waals surface area contributed by atoms with Gasteiger partial charge in [0.25, 0.3) is 0 Å². The normalized spacial score (nSPS) is 9.71. The van der Waals surface area contributed by atoms with E-state index in [9.17, 15) is 4.39 Å². The van der Waals surface area contributed by atoms with E-state index in [1.807, 2.05) is 6.07 Å². The lowest BCUT2D eigenvalue weighted by Crippen LogP contribution is -1.92. The molecule has 1 aromatic carbocycles. The summed E-state index contributed by atoms with van der Waals surface area (Å²) in [5.74, 6) is -0.187. The summed E-state index contributed by atoms with van der Waals surface area (Å²) in [6.07, 6.45) is 2.52. The number of aromatic nitrogens is 2. The Bertz CT molecular complexity index is 580. The van der Waals surface area contributed by atoms with Gasteiger partial charge in [-0.1, -0.05) is 11.6 Å². The summed E-state index contributed by atoms with van der Waals surface area (Å²) in [4.78, 5) is 7.59. The molecule has 2 aromatic rings. The molecule has 1 aromatic heterocycles. The molecule has 0 spiro atoms. The van der Waals surface area contributed by atoms with Crippen molar-refractivity contribution in [3.05, 3.63) is 47.1 Å². The molecule has 0 N–H and O–H groups in total. The molecule has 2 rings (SSSR count). The molecular formula is C11H5ClFN3O. The van der Waals surface area contributed by atoms with Crippen molar-refractivity contribution in [2.75, 3.05) is 0 Å². The van der Waals surface area contributed by atoms with Crippen molar-refractivity contribution in [1.82, 2.24) is 9.97 Å². The quantitative estimate of drug-likeness (QED) is 0.821. The Labute approximate surface area is 101 Å². The van der Waals surface area contributed by atoms with Crippen molar-refractivity contribution in [3.63, 3.8) is 0 Å². The summed E-state index contributed by atoms with van der Waals surface area (Å²) < 4.78 is 18.2. The van der Waals surface area contributed by atoms with Crippen molar-refractivity contribution in [1.29, 1.82) is 5.26 Å². The minimum Gasteiger partial charge on any atom is -0.436 e. The molecule has 0 aliphatic heterocycles. The van der Waals surface area contributed by atoms with E-state index in [0.717, 1.165) is 6.07 Å². The van der Waals surface area contributed by atoms with Crippen LogP contribution in [-0.4, -0.2) is 9.97 Å². The van der Waals surface area contributed by atoms with Gasteiger partial charge in [-0.2, -0.15) is 5.26 Å². The van der Waals surface area contributed by atoms with Crippen LogP contribution in [0.15, 0.2) is 30.6 Å². The fourth-order valence-corrected chi connectivity index (χ4v) is 1.25. The maximum Gasteiger partial charge on any atom is 0.237 e. The monoisotopic (exact) mass is 249 g/mol. The van der Waals surface area contributed by atoms with Gasteiger partial charge in [-0.15, -0.1) is 0 Å². The minimum atomic E-state index is -0.467. The standard InChI is InChI=1S/C11H5ClFN3O/c12-9-2-1-7(13)3-10(9)17-11-6-15-8(4-14)5-16-11/h1-3,5-6H. The van der Waals surface area contributed by atoms with Crippen molar-refractivity contribution in [3.8, 4) is 17.7 Å². The predicted octanol–water partition coefficient (Wildman–Crippen LogP) is 2.93. The van der Waals surface area contributed by atoms with Gasteiger partial charge in [0.05, 0.1) is 17.4 Å². The van der Waals surface area contributed by atoms with Gasteiger partial charge in [0, 0.05) is 6.07 Å². The number of hydrogen-bond acceptors (Lipinski definition) is 4. The SMILES string of the molecule is N#Cc1cnc(Oc2cc(F)ccc2Cl)cn1. The molecule has 0 unspecified atom stereocenters. The average Bonchev–Trinajstić information content (AvgIpc) is 2.35. The second-order valence-corrected chi connectivity index (χ2v) is 3.44. The lowest BCUT2D eigenvalue weighted by Gasteiger charge is -2.05. The van der Waals surface area contributed by atoms with Crippen LogP contribution in [0.2, 0.25) is 5.02 Å². The van der Waals surface area contributed by atoms with Gasteiger partial charge >= 0.3 is 0 Å². The van der Waals surface area contributed by atoms with Crippen molar-refractivity contribution >= 4 is 11.6 Å². The van der Waals surface area contributed by atoms with Crippen LogP contribution in [-0.2, 0) is 0 Å². The van der Waals surface area contributed by atoms with Gasteiger partial charge in [-0.3, -0.25) is 0 Å². The van der Waals surface area contributed by atoms with Gasteiger partial charge < -0.3 is 4.74 Å². The summed E-state index contributed by atoms with van der Waals surface area (Å²) in [5.41, 5.74) is 0.169. The Morgan fingerprint density at radius 1 is 1.29 bits per heavy atom. The van der Waals surface area contributed by atoms with Crippen molar-refractivity contribution in [2.45, 2.75) is 0 Å². The lowest BCUT2D eigenvalue weighted by atomic mass is 10.3. The number of halogens is 2. The Morgan fingerprint density at radius 2 is 2.12 bits per heavy atom. The van der Waals surface area contributed by atoms with E-state index < -0.39 is 5.82 Å². The van der Waals surface area contributed by atoms with Crippen LogP contribution in [0.1, 0.15) is 5.69 Å². The van der Waals surface area contributed by atoms with E-state index >= 15 is 0 Å². The lowest BCUT2D eigenvalue weighted by molar-refractivity contribution is 0.455. The number of rotatable bonds is 2. The number of benzene rings is 1. The molecule has 0 aliphatic carbocycles. The Kier molecular flexibility index (Phi) is 3.17. The van der Waals surface area contributed by atoms with E-state index in [0.29, 0.717) is 0 Å². The highest BCUT2D eigenvalue weighted by Crippen LogP contribution is 2.28. The molecule has 0 radical (unpaired) electrons. The largest absolute Gasteiger partial charge is 0.436 e. The zero-order valence-electron chi connectivity index (χ0n) is 8.39. The maximum atomic E-state index is 13.0. The molecule has 84 valence electrons. The third-order valence-corrected chi connectivity index (χ3v) is 2.16. The number of hydrogen-bond donors (Lipinski definition) is 0. The average molecular weight is 250 g/mol. The van der Waals surface area contributed by atoms with Crippen molar-refractivity contribution < 1.29 is 9.13 Å². The molecule has 0 saturated heterocycles. The third kappa shape index (κ3) is 2.68. The van der Waals surface area contributed by atoms with Crippen LogP contribution >= 0.6 is 11.6 Å². The molecule has 0 saturated carbocycles. The fourth-order valence-electron chi connectivity index (χ4n) is 1.09. The molecule has 0 amide bonds. The first-order chi connectivity index (χ1) is 8.19. The Hall–Kier alpha value is -2.19. The molecular weight excluding hydrogens is 245 g/mol. The molecule has 6 heteroatoms. The van der Waals surface area contributed by atoms with E-state index in [1.165, 1.54) is 24.5 Å². The minimum absolute atomic E-state index is 0.136. The van der Waals surface area contributed by atoms with Crippen LogP contribution in [0.4, 0.5) is 4.39 Å². The molecule has 4 nitrogen and oxygen atoms in total. The van der Waals surface area contributed by atoms with E-state index in [2.05, 4.69) is 9.97 Å². The van der Waals surface area contributed by atoms with Crippen LogP contribution in [0, 0.1) is 17.1 Å². The number of ether oxygens (including phenoxy) is 1. The molecule has 0 fully saturated rings. The Balaban J connectivity index is 2.25.